The molecule has 7 heteroatoms. The molecule has 0 unspecified atom stereocenters. The fourth-order valence-corrected chi connectivity index (χ4v) is 4.66. The Bertz CT molecular complexity index is 865. The molecule has 150 valence electrons. The summed E-state index contributed by atoms with van der Waals surface area (Å²) in [4.78, 5) is 27.0. The minimum Gasteiger partial charge on any atom is -0.496 e. The van der Waals surface area contributed by atoms with Crippen LogP contribution in [0.3, 0.4) is 0 Å². The standard InChI is InChI=1S/C21H25NO5S/c1-12(2)27-21(24)17-13-8-5-6-11-16(13)28-20(17)22-19(23)18-14(25-3)9-7-10-15(18)26-4/h7,9-10,12H,5-6,8,11H2,1-4H3,(H,22,23). The first-order chi connectivity index (χ1) is 13.5. The topological polar surface area (TPSA) is 73.9 Å². The molecule has 28 heavy (non-hydrogen) atoms. The van der Waals surface area contributed by atoms with E-state index in [0.29, 0.717) is 27.6 Å². The van der Waals surface area contributed by atoms with Gasteiger partial charge in [0.05, 0.1) is 25.9 Å². The summed E-state index contributed by atoms with van der Waals surface area (Å²) in [5.41, 5.74) is 1.78. The molecule has 6 nitrogen and oxygen atoms in total. The summed E-state index contributed by atoms with van der Waals surface area (Å²) in [5.74, 6) is 0.0390. The van der Waals surface area contributed by atoms with Crippen LogP contribution in [0.25, 0.3) is 0 Å². The van der Waals surface area contributed by atoms with Crippen molar-refractivity contribution in [3.63, 3.8) is 0 Å². The zero-order chi connectivity index (χ0) is 20.3. The summed E-state index contributed by atoms with van der Waals surface area (Å²) >= 11 is 1.45. The van der Waals surface area contributed by atoms with Crippen molar-refractivity contribution in [2.45, 2.75) is 45.6 Å². The molecule has 0 radical (unpaired) electrons. The van der Waals surface area contributed by atoms with E-state index in [1.165, 1.54) is 25.6 Å². The lowest BCUT2D eigenvalue weighted by Crippen LogP contribution is -2.18. The number of amides is 1. The van der Waals surface area contributed by atoms with E-state index in [9.17, 15) is 9.59 Å². The zero-order valence-electron chi connectivity index (χ0n) is 16.6. The molecule has 0 bridgehead atoms. The van der Waals surface area contributed by atoms with E-state index in [4.69, 9.17) is 14.2 Å². The van der Waals surface area contributed by atoms with Gasteiger partial charge in [-0.1, -0.05) is 6.07 Å². The van der Waals surface area contributed by atoms with Gasteiger partial charge in [-0.2, -0.15) is 0 Å². The maximum atomic E-state index is 13.1. The molecular weight excluding hydrogens is 378 g/mol. The van der Waals surface area contributed by atoms with Crippen LogP contribution < -0.4 is 14.8 Å². The number of ether oxygens (including phenoxy) is 3. The number of hydrogen-bond acceptors (Lipinski definition) is 6. The second-order valence-electron chi connectivity index (χ2n) is 6.86. The van der Waals surface area contributed by atoms with Crippen molar-refractivity contribution in [2.24, 2.45) is 0 Å². The molecular formula is C21H25NO5S. The van der Waals surface area contributed by atoms with Crippen LogP contribution in [0.4, 0.5) is 5.00 Å². The molecule has 1 heterocycles. The van der Waals surface area contributed by atoms with Gasteiger partial charge in [0, 0.05) is 4.88 Å². The van der Waals surface area contributed by atoms with Gasteiger partial charge in [-0.25, -0.2) is 4.79 Å². The van der Waals surface area contributed by atoms with Gasteiger partial charge < -0.3 is 19.5 Å². The van der Waals surface area contributed by atoms with Gasteiger partial charge in [-0.15, -0.1) is 11.3 Å². The minimum atomic E-state index is -0.392. The maximum Gasteiger partial charge on any atom is 0.341 e. The normalized spacial score (nSPS) is 13.0. The van der Waals surface area contributed by atoms with Crippen LogP contribution in [-0.4, -0.2) is 32.2 Å². The summed E-state index contributed by atoms with van der Waals surface area (Å²) in [6, 6.07) is 5.15. The number of rotatable bonds is 6. The van der Waals surface area contributed by atoms with Crippen LogP contribution >= 0.6 is 11.3 Å². The van der Waals surface area contributed by atoms with E-state index in [1.807, 2.05) is 13.8 Å². The molecule has 1 amide bonds. The van der Waals surface area contributed by atoms with Crippen LogP contribution in [0.2, 0.25) is 0 Å². The van der Waals surface area contributed by atoms with E-state index in [1.54, 1.807) is 18.2 Å². The van der Waals surface area contributed by atoms with Crippen molar-refractivity contribution in [3.8, 4) is 11.5 Å². The second kappa shape index (κ2) is 8.65. The van der Waals surface area contributed by atoms with Gasteiger partial charge >= 0.3 is 5.97 Å². The zero-order valence-corrected chi connectivity index (χ0v) is 17.4. The third kappa shape index (κ3) is 3.99. The Morgan fingerprint density at radius 3 is 2.29 bits per heavy atom. The fourth-order valence-electron chi connectivity index (χ4n) is 3.38. The molecule has 0 fully saturated rings. The summed E-state index contributed by atoms with van der Waals surface area (Å²) in [6.45, 7) is 3.63. The first-order valence-electron chi connectivity index (χ1n) is 9.34. The average molecular weight is 404 g/mol. The number of nitrogens with one attached hydrogen (secondary N) is 1. The van der Waals surface area contributed by atoms with E-state index < -0.39 is 5.97 Å². The summed E-state index contributed by atoms with van der Waals surface area (Å²) in [7, 11) is 3.00. The monoisotopic (exact) mass is 403 g/mol. The van der Waals surface area contributed by atoms with Crippen molar-refractivity contribution in [2.75, 3.05) is 19.5 Å². The number of benzene rings is 1. The molecule has 0 saturated carbocycles. The largest absolute Gasteiger partial charge is 0.496 e. The lowest BCUT2D eigenvalue weighted by Gasteiger charge is -2.15. The first-order valence-corrected chi connectivity index (χ1v) is 10.2. The first kappa shape index (κ1) is 20.2. The highest BCUT2D eigenvalue weighted by Gasteiger charge is 2.29. The third-order valence-corrected chi connectivity index (χ3v) is 5.81. The Hall–Kier alpha value is -2.54. The van der Waals surface area contributed by atoms with E-state index in [-0.39, 0.29) is 12.0 Å². The van der Waals surface area contributed by atoms with Gasteiger partial charge in [0.2, 0.25) is 0 Å². The van der Waals surface area contributed by atoms with Gasteiger partial charge in [-0.05, 0) is 57.2 Å². The third-order valence-electron chi connectivity index (χ3n) is 4.60. The summed E-state index contributed by atoms with van der Waals surface area (Å²) < 4.78 is 16.1. The Balaban J connectivity index is 2.00. The highest BCUT2D eigenvalue weighted by Crippen LogP contribution is 2.39. The number of carbonyl (C=O) groups excluding carboxylic acids is 2. The van der Waals surface area contributed by atoms with Gasteiger partial charge in [0.15, 0.2) is 0 Å². The SMILES string of the molecule is COc1cccc(OC)c1C(=O)Nc1sc2c(c1C(=O)OC(C)C)CCCC2. The number of anilines is 1. The summed E-state index contributed by atoms with van der Waals surface area (Å²) in [5, 5.41) is 3.43. The van der Waals surface area contributed by atoms with E-state index >= 15 is 0 Å². The van der Waals surface area contributed by atoms with Crippen molar-refractivity contribution >= 4 is 28.2 Å². The van der Waals surface area contributed by atoms with Crippen LogP contribution in [0.15, 0.2) is 18.2 Å². The molecule has 1 aromatic carbocycles. The number of esters is 1. The van der Waals surface area contributed by atoms with Crippen LogP contribution in [0.5, 0.6) is 11.5 Å². The molecule has 1 aromatic heterocycles. The number of fused-ring (bicyclic) bond motifs is 1. The predicted octanol–water partition coefficient (Wildman–Crippen LogP) is 4.46. The van der Waals surface area contributed by atoms with Crippen molar-refractivity contribution < 1.29 is 23.8 Å². The Morgan fingerprint density at radius 2 is 1.68 bits per heavy atom. The number of carbonyl (C=O) groups is 2. The van der Waals surface area contributed by atoms with Crippen molar-refractivity contribution in [3.05, 3.63) is 39.8 Å². The minimum absolute atomic E-state index is 0.232. The quantitative estimate of drug-likeness (QED) is 0.721. The molecule has 0 spiro atoms. The van der Waals surface area contributed by atoms with Crippen LogP contribution in [-0.2, 0) is 17.6 Å². The molecule has 2 aromatic rings. The predicted molar refractivity (Wildman–Crippen MR) is 109 cm³/mol. The Morgan fingerprint density at radius 1 is 1.04 bits per heavy atom. The molecule has 0 aliphatic heterocycles. The fraction of sp³-hybridized carbons (Fsp3) is 0.429. The number of thiophene rings is 1. The number of aryl methyl sites for hydroxylation is 1. The highest BCUT2D eigenvalue weighted by atomic mass is 32.1. The lowest BCUT2D eigenvalue weighted by atomic mass is 9.95. The average Bonchev–Trinajstić information content (AvgIpc) is 3.04. The number of methoxy groups -OCH3 is 2. The molecule has 0 atom stereocenters. The summed E-state index contributed by atoms with van der Waals surface area (Å²) in [6.07, 6.45) is 3.61. The van der Waals surface area contributed by atoms with Crippen LogP contribution in [0, 0.1) is 0 Å². The van der Waals surface area contributed by atoms with Crippen LogP contribution in [0.1, 0.15) is 57.8 Å². The smallest absolute Gasteiger partial charge is 0.341 e. The van der Waals surface area contributed by atoms with Gasteiger partial charge in [0.25, 0.3) is 5.91 Å². The Kier molecular flexibility index (Phi) is 6.24. The maximum absolute atomic E-state index is 13.1. The van der Waals surface area contributed by atoms with Gasteiger partial charge in [-0.3, -0.25) is 4.79 Å². The lowest BCUT2D eigenvalue weighted by molar-refractivity contribution is 0.0378. The molecule has 1 aliphatic rings. The highest BCUT2D eigenvalue weighted by molar-refractivity contribution is 7.17. The molecule has 3 rings (SSSR count). The van der Waals surface area contributed by atoms with Gasteiger partial charge in [0.1, 0.15) is 22.1 Å². The number of hydrogen-bond donors (Lipinski definition) is 1. The van der Waals surface area contributed by atoms with E-state index in [0.717, 1.165) is 36.1 Å². The molecule has 0 saturated heterocycles. The second-order valence-corrected chi connectivity index (χ2v) is 7.97. The van der Waals surface area contributed by atoms with E-state index in [2.05, 4.69) is 5.32 Å². The molecule has 1 N–H and O–H groups in total. The Labute approximate surface area is 168 Å². The van der Waals surface area contributed by atoms with Crippen molar-refractivity contribution in [1.29, 1.82) is 0 Å². The van der Waals surface area contributed by atoms with Crippen molar-refractivity contribution in [1.82, 2.24) is 0 Å². The molecule has 1 aliphatic carbocycles.